The van der Waals surface area contributed by atoms with Gasteiger partial charge >= 0.3 is 38.9 Å². The average molecular weight is 537 g/mol. The molecule has 0 aliphatic carbocycles. The molecule has 8 nitrogen and oxygen atoms in total. The molecule has 0 radical (unpaired) electrons. The molecule has 174 valence electrons. The number of ether oxygens (including phenoxy) is 1. The van der Waals surface area contributed by atoms with E-state index in [9.17, 15) is 13.2 Å². The van der Waals surface area contributed by atoms with Gasteiger partial charge in [-0.05, 0) is 12.1 Å². The van der Waals surface area contributed by atoms with Crippen LogP contribution in [0.1, 0.15) is 5.82 Å². The van der Waals surface area contributed by atoms with Crippen LogP contribution in [0, 0.1) is 19.9 Å². The number of halogens is 3. The Hall–Kier alpha value is -1.82. The van der Waals surface area contributed by atoms with Crippen molar-refractivity contribution in [3.05, 3.63) is 62.1 Å². The van der Waals surface area contributed by atoms with E-state index < -0.39 is 12.0 Å². The second-order valence-electron chi connectivity index (χ2n) is 6.85. The first kappa shape index (κ1) is 27.4. The van der Waals surface area contributed by atoms with Crippen molar-refractivity contribution < 1.29 is 50.6 Å². The molecular weight excluding hydrogens is 512 g/mol. The number of nitrogens with one attached hydrogen (secondary N) is 1. The Morgan fingerprint density at radius 2 is 1.73 bits per heavy atom. The molecule has 1 saturated heterocycles. The summed E-state index contributed by atoms with van der Waals surface area (Å²) >= 11 is 0. The van der Waals surface area contributed by atoms with E-state index in [0.29, 0.717) is 30.2 Å². The Bertz CT molecular complexity index is 961. The minimum atomic E-state index is -4.59. The van der Waals surface area contributed by atoms with Gasteiger partial charge in [0.05, 0.1) is 0 Å². The molecule has 3 heterocycles. The third-order valence-electron chi connectivity index (χ3n) is 4.68. The predicted octanol–water partition coefficient (Wildman–Crippen LogP) is 2.34. The maximum absolute atomic E-state index is 12.6. The van der Waals surface area contributed by atoms with Gasteiger partial charge in [-0.15, -0.1) is 40.5 Å². The number of aromatic nitrogens is 4. The fourth-order valence-electron chi connectivity index (χ4n) is 2.94. The van der Waals surface area contributed by atoms with Gasteiger partial charge in [0, 0.05) is 31.9 Å². The third kappa shape index (κ3) is 7.87. The molecule has 1 aliphatic heterocycles. The van der Waals surface area contributed by atoms with Gasteiger partial charge in [-0.1, -0.05) is 0 Å². The number of benzene rings is 1. The van der Waals surface area contributed by atoms with Crippen LogP contribution in [0.3, 0.4) is 0 Å². The van der Waals surface area contributed by atoms with Crippen molar-refractivity contribution in [1.29, 1.82) is 0 Å². The number of hydrogen-bond donors (Lipinski definition) is 1. The Balaban J connectivity index is 0.000000233. The quantitative estimate of drug-likeness (QED) is 0.485. The van der Waals surface area contributed by atoms with E-state index in [4.69, 9.17) is 4.74 Å². The molecule has 4 rings (SSSR count). The molecule has 2 aromatic heterocycles. The average Bonchev–Trinajstić information content (AvgIpc) is 3.24. The molecule has 1 N–H and O–H groups in total. The van der Waals surface area contributed by atoms with E-state index >= 15 is 0 Å². The summed E-state index contributed by atoms with van der Waals surface area (Å²) in [6, 6.07) is 13.5. The molecule has 1 aliphatic rings. The van der Waals surface area contributed by atoms with Crippen LogP contribution in [0.15, 0.2) is 36.4 Å². The molecule has 0 spiro atoms. The van der Waals surface area contributed by atoms with E-state index in [1.807, 2.05) is 24.3 Å². The van der Waals surface area contributed by atoms with Crippen molar-refractivity contribution in [2.75, 3.05) is 50.9 Å². The van der Waals surface area contributed by atoms with E-state index in [1.54, 1.807) is 11.0 Å². The molecule has 1 aromatic carbocycles. The number of nitrogens with zero attached hydrogens (tertiary/aromatic N) is 6. The second-order valence-corrected chi connectivity index (χ2v) is 6.85. The molecule has 0 bridgehead atoms. The van der Waals surface area contributed by atoms with E-state index in [-0.39, 0.29) is 38.4 Å². The smallest absolute Gasteiger partial charge is 0.504 e. The van der Waals surface area contributed by atoms with Gasteiger partial charge in [-0.2, -0.15) is 35.9 Å². The standard InChI is InChI=1S/C11H15N2O.C10H10F3N5.Y/c1-2-4-11(5-3-1)14-10-13-8-6-12-7-9-13;1-3-17(4-2)8-6-5-7-14-15-9(10(11,12)13)18(7)16-8;/h2-5,12H,6-10H2;5-6H,1-4H2;/q-1;-2;+3. The Kier molecular flexibility index (Phi) is 10.9. The maximum Gasteiger partial charge on any atom is 3.00 e. The molecule has 0 saturated carbocycles. The van der Waals surface area contributed by atoms with Crippen molar-refractivity contribution in [2.24, 2.45) is 0 Å². The van der Waals surface area contributed by atoms with Crippen molar-refractivity contribution in [1.82, 2.24) is 30.0 Å². The van der Waals surface area contributed by atoms with Crippen LogP contribution in [0.2, 0.25) is 0 Å². The summed E-state index contributed by atoms with van der Waals surface area (Å²) in [4.78, 5) is 3.92. The molecule has 12 heteroatoms. The first-order chi connectivity index (χ1) is 15.4. The zero-order valence-corrected chi connectivity index (χ0v) is 21.0. The summed E-state index contributed by atoms with van der Waals surface area (Å²) in [7, 11) is 0. The molecule has 3 aromatic rings. The molecule has 33 heavy (non-hydrogen) atoms. The third-order valence-corrected chi connectivity index (χ3v) is 4.68. The van der Waals surface area contributed by atoms with Crippen molar-refractivity contribution in [3.8, 4) is 5.75 Å². The van der Waals surface area contributed by atoms with Crippen LogP contribution in [-0.2, 0) is 38.9 Å². The predicted molar refractivity (Wildman–Crippen MR) is 114 cm³/mol. The number of rotatable bonds is 6. The van der Waals surface area contributed by atoms with Crippen LogP contribution < -0.4 is 15.0 Å². The largest absolute Gasteiger partial charge is 3.00 e. The number of hydrogen-bond acceptors (Lipinski definition) is 7. The monoisotopic (exact) mass is 537 g/mol. The summed E-state index contributed by atoms with van der Waals surface area (Å²) in [5.74, 6) is 0.118. The molecule has 0 atom stereocenters. The van der Waals surface area contributed by atoms with Crippen LogP contribution in [0.4, 0.5) is 19.0 Å². The summed E-state index contributed by atoms with van der Waals surface area (Å²) in [5.41, 5.74) is 0.0409. The van der Waals surface area contributed by atoms with Gasteiger partial charge in [-0.3, -0.25) is 4.90 Å². The van der Waals surface area contributed by atoms with Gasteiger partial charge in [0.2, 0.25) is 0 Å². The maximum atomic E-state index is 12.6. The van der Waals surface area contributed by atoms with Crippen molar-refractivity contribution >= 4 is 11.5 Å². The van der Waals surface area contributed by atoms with Gasteiger partial charge in [0.1, 0.15) is 12.5 Å². The van der Waals surface area contributed by atoms with Crippen molar-refractivity contribution in [3.63, 3.8) is 0 Å². The van der Waals surface area contributed by atoms with Crippen molar-refractivity contribution in [2.45, 2.75) is 6.18 Å². The summed E-state index contributed by atoms with van der Waals surface area (Å²) in [5, 5.41) is 13.7. The van der Waals surface area contributed by atoms with Gasteiger partial charge in [-0.25, -0.2) is 0 Å². The number of alkyl halides is 3. The van der Waals surface area contributed by atoms with E-state index in [1.165, 1.54) is 6.07 Å². The second kappa shape index (κ2) is 13.2. The van der Waals surface area contributed by atoms with Crippen LogP contribution >= 0.6 is 0 Å². The Morgan fingerprint density at radius 3 is 2.33 bits per heavy atom. The molecule has 0 amide bonds. The number of anilines is 1. The molecule has 1 fully saturated rings. The van der Waals surface area contributed by atoms with E-state index in [0.717, 1.165) is 31.9 Å². The summed E-state index contributed by atoms with van der Waals surface area (Å²) < 4.78 is 44.2. The zero-order valence-electron chi connectivity index (χ0n) is 18.1. The molecule has 0 unspecified atom stereocenters. The van der Waals surface area contributed by atoms with Gasteiger partial charge < -0.3 is 28.8 Å². The molecular formula is C21H25F3N7OY. The summed E-state index contributed by atoms with van der Waals surface area (Å²) in [6.07, 6.45) is -4.59. The van der Waals surface area contributed by atoms with Gasteiger partial charge in [0.15, 0.2) is 5.65 Å². The Labute approximate surface area is 216 Å². The van der Waals surface area contributed by atoms with Crippen LogP contribution in [-0.4, -0.2) is 70.7 Å². The topological polar surface area (TPSA) is 70.8 Å². The number of piperazine rings is 1. The minimum Gasteiger partial charge on any atom is -0.504 e. The zero-order chi connectivity index (χ0) is 23.0. The van der Waals surface area contributed by atoms with E-state index in [2.05, 4.69) is 45.4 Å². The fraction of sp³-hybridized carbons (Fsp3) is 0.381. The van der Waals surface area contributed by atoms with Gasteiger partial charge in [0.25, 0.3) is 5.82 Å². The minimum absolute atomic E-state index is 0. The Morgan fingerprint density at radius 1 is 1.06 bits per heavy atom. The SMILES string of the molecule is [CH2-]CN(C[CH2-])c1ccc2nnc(C(F)(F)F)n2n1.[Y+3].[c-]1ccc(OCN2CCNCC2)cc1. The number of fused-ring (bicyclic) bond motifs is 1. The van der Waals surface area contributed by atoms with Crippen LogP contribution in [0.5, 0.6) is 5.75 Å². The first-order valence-corrected chi connectivity index (χ1v) is 10.1. The van der Waals surface area contributed by atoms with Crippen LogP contribution in [0.25, 0.3) is 5.65 Å². The fourth-order valence-corrected chi connectivity index (χ4v) is 2.94. The summed E-state index contributed by atoms with van der Waals surface area (Å²) in [6.45, 7) is 13.0. The first-order valence-electron chi connectivity index (χ1n) is 10.1. The normalized spacial score (nSPS) is 14.2.